The number of thioether (sulfide) groups is 1. The van der Waals surface area contributed by atoms with E-state index in [2.05, 4.69) is 25.8 Å². The highest BCUT2D eigenvalue weighted by Gasteiger charge is 2.27. The second-order valence-corrected chi connectivity index (χ2v) is 14.3. The Kier molecular flexibility index (Phi) is 9.72. The molecule has 47 heavy (non-hydrogen) atoms. The van der Waals surface area contributed by atoms with Crippen LogP contribution in [0.1, 0.15) is 29.0 Å². The number of amides is 2. The zero-order chi connectivity index (χ0) is 33.0. The molecule has 1 aliphatic rings. The predicted octanol–water partition coefficient (Wildman–Crippen LogP) is 4.34. The molecular weight excluding hydrogens is 663 g/mol. The van der Waals surface area contributed by atoms with E-state index in [1.807, 2.05) is 24.3 Å². The molecule has 5 aromatic rings. The van der Waals surface area contributed by atoms with E-state index >= 15 is 0 Å². The number of rotatable bonds is 12. The number of thiazole rings is 1. The van der Waals surface area contributed by atoms with E-state index in [0.29, 0.717) is 46.4 Å². The lowest BCUT2D eigenvalue weighted by Crippen LogP contribution is -2.28. The van der Waals surface area contributed by atoms with Gasteiger partial charge >= 0.3 is 0 Å². The van der Waals surface area contributed by atoms with E-state index in [1.165, 1.54) is 47.0 Å². The number of hydrogen-bond acceptors (Lipinski definition) is 11. The van der Waals surface area contributed by atoms with Gasteiger partial charge in [0.25, 0.3) is 5.91 Å². The largest absolute Gasteiger partial charge is 0.497 e. The van der Waals surface area contributed by atoms with Gasteiger partial charge in [0, 0.05) is 24.7 Å². The summed E-state index contributed by atoms with van der Waals surface area (Å²) in [5.41, 5.74) is 1.64. The number of carbonyl (C=O) groups is 2. The standard InChI is InChI=1S/C31H31N7O6S3/c1-43-21-11-14-25(44-2)24(17-21)38-27(18-32-29(40)20-9-12-22(13-10-20)47(41,42)37-15-5-6-16-37)35-36-31(38)45-19-28(39)34-30-33-23-7-3-4-8-26(23)46-30/h3-4,7-14,17H,5-6,15-16,18-19H2,1-2H3,(H,32,40)(H,33,34,39). The fourth-order valence-corrected chi connectivity index (χ4v) is 8.21. The van der Waals surface area contributed by atoms with Crippen LogP contribution < -0.4 is 20.1 Å². The zero-order valence-electron chi connectivity index (χ0n) is 25.5. The van der Waals surface area contributed by atoms with Gasteiger partial charge in [-0.3, -0.25) is 14.2 Å². The quantitative estimate of drug-likeness (QED) is 0.180. The van der Waals surface area contributed by atoms with Crippen molar-refractivity contribution in [3.63, 3.8) is 0 Å². The summed E-state index contributed by atoms with van der Waals surface area (Å²) in [7, 11) is -0.519. The monoisotopic (exact) mass is 693 g/mol. The average molecular weight is 694 g/mol. The van der Waals surface area contributed by atoms with E-state index in [1.54, 1.807) is 29.9 Å². The molecule has 0 saturated carbocycles. The molecule has 0 aliphatic carbocycles. The van der Waals surface area contributed by atoms with Crippen molar-refractivity contribution < 1.29 is 27.5 Å². The SMILES string of the molecule is COc1ccc(OC)c(-n2c(CNC(=O)c3ccc(S(=O)(=O)N4CCCC4)cc3)nnc2SCC(=O)Nc2nc3ccccc3s2)c1. The number of sulfonamides is 1. The van der Waals surface area contributed by atoms with E-state index in [9.17, 15) is 18.0 Å². The summed E-state index contributed by atoms with van der Waals surface area (Å²) in [6.45, 7) is 0.966. The zero-order valence-corrected chi connectivity index (χ0v) is 28.0. The Labute approximate surface area is 279 Å². The molecule has 1 saturated heterocycles. The molecule has 13 nitrogen and oxygen atoms in total. The van der Waals surface area contributed by atoms with Crippen LogP contribution in [-0.4, -0.2) is 77.3 Å². The highest BCUT2D eigenvalue weighted by atomic mass is 32.2. The molecule has 6 rings (SSSR count). The molecule has 0 atom stereocenters. The molecule has 3 aromatic carbocycles. The van der Waals surface area contributed by atoms with Crippen LogP contribution in [0.25, 0.3) is 15.9 Å². The van der Waals surface area contributed by atoms with E-state index in [0.717, 1.165) is 34.8 Å². The summed E-state index contributed by atoms with van der Waals surface area (Å²) in [4.78, 5) is 30.6. The molecule has 0 bridgehead atoms. The van der Waals surface area contributed by atoms with Crippen LogP contribution >= 0.6 is 23.1 Å². The lowest BCUT2D eigenvalue weighted by atomic mass is 10.2. The Balaban J connectivity index is 1.20. The number of fused-ring (bicyclic) bond motifs is 1. The summed E-state index contributed by atoms with van der Waals surface area (Å²) in [6.07, 6.45) is 1.67. The van der Waals surface area contributed by atoms with Crippen LogP contribution in [0.2, 0.25) is 0 Å². The molecule has 16 heteroatoms. The van der Waals surface area contributed by atoms with Crippen LogP contribution in [0.5, 0.6) is 11.5 Å². The maximum Gasteiger partial charge on any atom is 0.251 e. The third-order valence-electron chi connectivity index (χ3n) is 7.43. The Morgan fingerprint density at radius 1 is 0.979 bits per heavy atom. The average Bonchev–Trinajstić information content (AvgIpc) is 3.86. The Bertz CT molecular complexity index is 1990. The van der Waals surface area contributed by atoms with E-state index < -0.39 is 15.9 Å². The molecule has 1 aliphatic heterocycles. The minimum Gasteiger partial charge on any atom is -0.497 e. The molecule has 1 fully saturated rings. The van der Waals surface area contributed by atoms with Gasteiger partial charge in [0.1, 0.15) is 11.5 Å². The third kappa shape index (κ3) is 7.10. The van der Waals surface area contributed by atoms with Crippen molar-refractivity contribution >= 4 is 60.3 Å². The van der Waals surface area contributed by atoms with Gasteiger partial charge in [-0.25, -0.2) is 13.4 Å². The second kappa shape index (κ2) is 14.1. The lowest BCUT2D eigenvalue weighted by molar-refractivity contribution is -0.113. The van der Waals surface area contributed by atoms with Gasteiger partial charge in [0.15, 0.2) is 16.1 Å². The topological polar surface area (TPSA) is 158 Å². The highest BCUT2D eigenvalue weighted by Crippen LogP contribution is 2.32. The number of para-hydroxylation sites is 1. The molecule has 2 N–H and O–H groups in total. The summed E-state index contributed by atoms with van der Waals surface area (Å²) >= 11 is 2.55. The number of aromatic nitrogens is 4. The van der Waals surface area contributed by atoms with Gasteiger partial charge in [0.05, 0.1) is 47.3 Å². The Morgan fingerprint density at radius 2 is 1.74 bits per heavy atom. The van der Waals surface area contributed by atoms with Gasteiger partial charge in [-0.05, 0) is 61.4 Å². The fraction of sp³-hybridized carbons (Fsp3) is 0.258. The van der Waals surface area contributed by atoms with Crippen molar-refractivity contribution in [2.24, 2.45) is 0 Å². The Morgan fingerprint density at radius 3 is 2.47 bits per heavy atom. The number of nitrogens with one attached hydrogen (secondary N) is 2. The van der Waals surface area contributed by atoms with Gasteiger partial charge < -0.3 is 20.1 Å². The molecule has 3 heterocycles. The van der Waals surface area contributed by atoms with E-state index in [-0.39, 0.29) is 28.7 Å². The van der Waals surface area contributed by atoms with Crippen molar-refractivity contribution in [1.29, 1.82) is 0 Å². The van der Waals surface area contributed by atoms with Gasteiger partial charge in [0.2, 0.25) is 15.9 Å². The summed E-state index contributed by atoms with van der Waals surface area (Å²) in [6, 6.07) is 18.7. The van der Waals surface area contributed by atoms with Crippen LogP contribution in [0.4, 0.5) is 5.13 Å². The first-order valence-electron chi connectivity index (χ1n) is 14.6. The van der Waals surface area contributed by atoms with Crippen molar-refractivity contribution in [3.05, 3.63) is 78.1 Å². The molecular formula is C31H31N7O6S3. The number of methoxy groups -OCH3 is 2. The molecule has 244 valence electrons. The third-order valence-corrected chi connectivity index (χ3v) is 11.2. The number of benzene rings is 3. The fourth-order valence-electron chi connectivity index (χ4n) is 5.05. The molecule has 2 amide bonds. The highest BCUT2D eigenvalue weighted by molar-refractivity contribution is 7.99. The molecule has 0 unspecified atom stereocenters. The first kappa shape index (κ1) is 32.4. The predicted molar refractivity (Wildman–Crippen MR) is 179 cm³/mol. The van der Waals surface area contributed by atoms with Crippen molar-refractivity contribution in [3.8, 4) is 17.2 Å². The first-order chi connectivity index (χ1) is 22.8. The minimum absolute atomic E-state index is 0.0133. The number of hydrogen-bond donors (Lipinski definition) is 2. The number of anilines is 1. The van der Waals surface area contributed by atoms with Gasteiger partial charge in [-0.2, -0.15) is 4.31 Å². The van der Waals surface area contributed by atoms with Crippen LogP contribution in [0.3, 0.4) is 0 Å². The first-order valence-corrected chi connectivity index (χ1v) is 17.8. The normalized spacial score (nSPS) is 13.5. The van der Waals surface area contributed by atoms with Crippen molar-refractivity contribution in [2.75, 3.05) is 38.4 Å². The molecule has 2 aromatic heterocycles. The summed E-state index contributed by atoms with van der Waals surface area (Å²) in [5.74, 6) is 0.733. The maximum atomic E-state index is 13.1. The summed E-state index contributed by atoms with van der Waals surface area (Å²) < 4.78 is 40.9. The Hall–Kier alpha value is -4.51. The van der Waals surface area contributed by atoms with E-state index in [4.69, 9.17) is 9.47 Å². The minimum atomic E-state index is -3.59. The van der Waals surface area contributed by atoms with Crippen molar-refractivity contribution in [2.45, 2.75) is 29.4 Å². The number of ether oxygens (including phenoxy) is 2. The second-order valence-electron chi connectivity index (χ2n) is 10.4. The molecule has 0 spiro atoms. The van der Waals surface area contributed by atoms with Crippen LogP contribution in [-0.2, 0) is 21.4 Å². The summed E-state index contributed by atoms with van der Waals surface area (Å²) in [5, 5.41) is 15.2. The number of nitrogens with zero attached hydrogens (tertiary/aromatic N) is 5. The number of carbonyl (C=O) groups excluding carboxylic acids is 2. The maximum absolute atomic E-state index is 13.1. The van der Waals surface area contributed by atoms with Crippen LogP contribution in [0, 0.1) is 0 Å². The molecule has 0 radical (unpaired) electrons. The lowest BCUT2D eigenvalue weighted by Gasteiger charge is -2.16. The van der Waals surface area contributed by atoms with Crippen molar-refractivity contribution in [1.82, 2.24) is 29.4 Å². The smallest absolute Gasteiger partial charge is 0.251 e. The van der Waals surface area contributed by atoms with Gasteiger partial charge in [-0.15, -0.1) is 10.2 Å². The van der Waals surface area contributed by atoms with Gasteiger partial charge in [-0.1, -0.05) is 35.2 Å². The van der Waals surface area contributed by atoms with Crippen LogP contribution in [0.15, 0.2) is 76.8 Å².